The van der Waals surface area contributed by atoms with Gasteiger partial charge >= 0.3 is 6.03 Å². The van der Waals surface area contributed by atoms with Gasteiger partial charge in [0.15, 0.2) is 0 Å². The minimum absolute atomic E-state index is 0.0528. The second-order valence-electron chi connectivity index (χ2n) is 7.20. The number of amides is 3. The molecule has 1 fully saturated rings. The zero-order valence-corrected chi connectivity index (χ0v) is 16.4. The molecule has 0 saturated carbocycles. The Labute approximate surface area is 165 Å². The standard InChI is InChI=1S/C22H27N3O3/c1-16(2)28-20-7-5-6-17(14-20)15-23-22(27)24-19-10-8-18(9-11-19)21(26)25-12-3-4-13-25/h5-11,14,16H,3-4,12-13,15H2,1-2H3,(H2,23,24,27). The Morgan fingerprint density at radius 1 is 1.07 bits per heavy atom. The molecule has 0 unspecified atom stereocenters. The third-order valence-electron chi connectivity index (χ3n) is 4.51. The number of urea groups is 1. The number of hydrogen-bond acceptors (Lipinski definition) is 3. The van der Waals surface area contributed by atoms with E-state index in [1.807, 2.05) is 43.0 Å². The maximum absolute atomic E-state index is 12.4. The maximum atomic E-state index is 12.4. The Kier molecular flexibility index (Phi) is 6.53. The molecule has 1 aliphatic rings. The van der Waals surface area contributed by atoms with E-state index < -0.39 is 0 Å². The molecule has 28 heavy (non-hydrogen) atoms. The van der Waals surface area contributed by atoms with Crippen LogP contribution in [-0.4, -0.2) is 36.0 Å². The number of nitrogens with zero attached hydrogens (tertiary/aromatic N) is 1. The van der Waals surface area contributed by atoms with Gasteiger partial charge in [-0.15, -0.1) is 0 Å². The van der Waals surface area contributed by atoms with Gasteiger partial charge in [-0.2, -0.15) is 0 Å². The fourth-order valence-corrected chi connectivity index (χ4v) is 3.16. The van der Waals surface area contributed by atoms with E-state index in [9.17, 15) is 9.59 Å². The van der Waals surface area contributed by atoms with Crippen molar-refractivity contribution in [1.82, 2.24) is 10.2 Å². The van der Waals surface area contributed by atoms with E-state index in [0.29, 0.717) is 17.8 Å². The third kappa shape index (κ3) is 5.49. The van der Waals surface area contributed by atoms with E-state index in [1.54, 1.807) is 24.3 Å². The number of likely N-dealkylation sites (tertiary alicyclic amines) is 1. The van der Waals surface area contributed by atoms with Crippen LogP contribution in [0.4, 0.5) is 10.5 Å². The van der Waals surface area contributed by atoms with Crippen LogP contribution in [0.15, 0.2) is 48.5 Å². The zero-order chi connectivity index (χ0) is 19.9. The van der Waals surface area contributed by atoms with Crippen molar-refractivity contribution in [1.29, 1.82) is 0 Å². The first-order chi connectivity index (χ1) is 13.5. The van der Waals surface area contributed by atoms with Gasteiger partial charge in [-0.1, -0.05) is 12.1 Å². The number of carbonyl (C=O) groups excluding carboxylic acids is 2. The molecule has 0 aromatic heterocycles. The molecule has 3 rings (SSSR count). The maximum Gasteiger partial charge on any atom is 0.319 e. The van der Waals surface area contributed by atoms with Crippen molar-refractivity contribution in [2.24, 2.45) is 0 Å². The molecule has 2 aromatic carbocycles. The lowest BCUT2D eigenvalue weighted by Gasteiger charge is -2.15. The summed E-state index contributed by atoms with van der Waals surface area (Å²) in [7, 11) is 0. The molecule has 1 aliphatic heterocycles. The normalized spacial score (nSPS) is 13.5. The van der Waals surface area contributed by atoms with Crippen molar-refractivity contribution in [3.8, 4) is 5.75 Å². The van der Waals surface area contributed by atoms with Gasteiger partial charge in [0.1, 0.15) is 5.75 Å². The largest absolute Gasteiger partial charge is 0.491 e. The molecule has 1 saturated heterocycles. The number of anilines is 1. The van der Waals surface area contributed by atoms with Gasteiger partial charge in [-0.25, -0.2) is 4.79 Å². The molecule has 0 atom stereocenters. The predicted molar refractivity (Wildman–Crippen MR) is 110 cm³/mol. The Balaban J connectivity index is 1.50. The number of benzene rings is 2. The minimum atomic E-state index is -0.297. The van der Waals surface area contributed by atoms with Crippen molar-refractivity contribution in [3.05, 3.63) is 59.7 Å². The summed E-state index contributed by atoms with van der Waals surface area (Å²) in [6.07, 6.45) is 2.24. The van der Waals surface area contributed by atoms with E-state index in [1.165, 1.54) is 0 Å². The molecule has 6 heteroatoms. The van der Waals surface area contributed by atoms with Gasteiger partial charge in [0.05, 0.1) is 6.10 Å². The van der Waals surface area contributed by atoms with Crippen molar-refractivity contribution in [3.63, 3.8) is 0 Å². The molecule has 0 aliphatic carbocycles. The Hall–Kier alpha value is -3.02. The van der Waals surface area contributed by atoms with E-state index in [2.05, 4.69) is 10.6 Å². The van der Waals surface area contributed by atoms with Crippen molar-refractivity contribution < 1.29 is 14.3 Å². The van der Waals surface area contributed by atoms with Crippen LogP contribution in [-0.2, 0) is 6.54 Å². The van der Waals surface area contributed by atoms with Crippen LogP contribution in [0.5, 0.6) is 5.75 Å². The minimum Gasteiger partial charge on any atom is -0.491 e. The SMILES string of the molecule is CC(C)Oc1cccc(CNC(=O)Nc2ccc(C(=O)N3CCCC3)cc2)c1. The summed E-state index contributed by atoms with van der Waals surface area (Å²) in [5, 5.41) is 5.62. The Bertz CT molecular complexity index is 812. The van der Waals surface area contributed by atoms with E-state index >= 15 is 0 Å². The lowest BCUT2D eigenvalue weighted by molar-refractivity contribution is 0.0793. The molecule has 0 radical (unpaired) electrons. The number of ether oxygens (including phenoxy) is 1. The molecule has 148 valence electrons. The quantitative estimate of drug-likeness (QED) is 0.794. The second kappa shape index (κ2) is 9.26. The molecule has 1 heterocycles. The zero-order valence-electron chi connectivity index (χ0n) is 16.4. The summed E-state index contributed by atoms with van der Waals surface area (Å²) in [6.45, 7) is 5.99. The molecule has 0 bridgehead atoms. The van der Waals surface area contributed by atoms with E-state index in [4.69, 9.17) is 4.74 Å². The molecular weight excluding hydrogens is 354 g/mol. The average Bonchev–Trinajstić information content (AvgIpc) is 3.21. The first-order valence-electron chi connectivity index (χ1n) is 9.71. The number of carbonyl (C=O) groups is 2. The summed E-state index contributed by atoms with van der Waals surface area (Å²) < 4.78 is 5.67. The van der Waals surface area contributed by atoms with Crippen LogP contribution in [0.3, 0.4) is 0 Å². The summed E-state index contributed by atoms with van der Waals surface area (Å²) in [6, 6.07) is 14.4. The third-order valence-corrected chi connectivity index (χ3v) is 4.51. The van der Waals surface area contributed by atoms with Crippen LogP contribution in [0.25, 0.3) is 0 Å². The first-order valence-corrected chi connectivity index (χ1v) is 9.71. The highest BCUT2D eigenvalue weighted by Crippen LogP contribution is 2.16. The van der Waals surface area contributed by atoms with Gasteiger partial charge in [0.25, 0.3) is 5.91 Å². The highest BCUT2D eigenvalue weighted by atomic mass is 16.5. The fourth-order valence-electron chi connectivity index (χ4n) is 3.16. The van der Waals surface area contributed by atoms with Gasteiger partial charge in [0.2, 0.25) is 0 Å². The lowest BCUT2D eigenvalue weighted by Crippen LogP contribution is -2.28. The molecule has 2 N–H and O–H groups in total. The highest BCUT2D eigenvalue weighted by molar-refractivity contribution is 5.95. The fraction of sp³-hybridized carbons (Fsp3) is 0.364. The highest BCUT2D eigenvalue weighted by Gasteiger charge is 2.19. The number of nitrogens with one attached hydrogen (secondary N) is 2. The summed E-state index contributed by atoms with van der Waals surface area (Å²) >= 11 is 0. The summed E-state index contributed by atoms with van der Waals surface area (Å²) in [5.41, 5.74) is 2.25. The van der Waals surface area contributed by atoms with Crippen LogP contribution in [0.2, 0.25) is 0 Å². The van der Waals surface area contributed by atoms with Gasteiger partial charge in [-0.05, 0) is 68.7 Å². The van der Waals surface area contributed by atoms with Gasteiger partial charge in [0, 0.05) is 30.9 Å². The van der Waals surface area contributed by atoms with Gasteiger partial charge < -0.3 is 20.3 Å². The number of rotatable bonds is 6. The van der Waals surface area contributed by atoms with Crippen molar-refractivity contribution in [2.75, 3.05) is 18.4 Å². The lowest BCUT2D eigenvalue weighted by atomic mass is 10.2. The first kappa shape index (κ1) is 19.7. The van der Waals surface area contributed by atoms with Crippen LogP contribution >= 0.6 is 0 Å². The number of hydrogen-bond donors (Lipinski definition) is 2. The molecule has 3 amide bonds. The van der Waals surface area contributed by atoms with Crippen LogP contribution in [0, 0.1) is 0 Å². The molecule has 0 spiro atoms. The Morgan fingerprint density at radius 3 is 2.46 bits per heavy atom. The van der Waals surface area contributed by atoms with E-state index in [0.717, 1.165) is 37.2 Å². The summed E-state index contributed by atoms with van der Waals surface area (Å²) in [5.74, 6) is 0.838. The molecule has 6 nitrogen and oxygen atoms in total. The second-order valence-corrected chi connectivity index (χ2v) is 7.20. The van der Waals surface area contributed by atoms with Crippen LogP contribution < -0.4 is 15.4 Å². The summed E-state index contributed by atoms with van der Waals surface area (Å²) in [4.78, 5) is 26.4. The van der Waals surface area contributed by atoms with Crippen molar-refractivity contribution >= 4 is 17.6 Å². The molecule has 2 aromatic rings. The smallest absolute Gasteiger partial charge is 0.319 e. The monoisotopic (exact) mass is 381 g/mol. The topological polar surface area (TPSA) is 70.7 Å². The Morgan fingerprint density at radius 2 is 1.79 bits per heavy atom. The van der Waals surface area contributed by atoms with Crippen molar-refractivity contribution in [2.45, 2.75) is 39.3 Å². The molecular formula is C22H27N3O3. The van der Waals surface area contributed by atoms with Crippen LogP contribution in [0.1, 0.15) is 42.6 Å². The van der Waals surface area contributed by atoms with E-state index in [-0.39, 0.29) is 18.0 Å². The predicted octanol–water partition coefficient (Wildman–Crippen LogP) is 4.03. The van der Waals surface area contributed by atoms with Gasteiger partial charge in [-0.3, -0.25) is 4.79 Å². The average molecular weight is 381 g/mol.